The van der Waals surface area contributed by atoms with Gasteiger partial charge in [0.05, 0.1) is 19.6 Å². The molecule has 2 atom stereocenters. The van der Waals surface area contributed by atoms with Crippen molar-refractivity contribution in [2.45, 2.75) is 44.6 Å². The number of rotatable bonds is 5. The van der Waals surface area contributed by atoms with Gasteiger partial charge in [-0.1, -0.05) is 6.42 Å². The van der Waals surface area contributed by atoms with Crippen LogP contribution in [0.25, 0.3) is 0 Å². The summed E-state index contributed by atoms with van der Waals surface area (Å²) >= 11 is 0. The maximum absolute atomic E-state index is 12.1. The van der Waals surface area contributed by atoms with E-state index in [2.05, 4.69) is 4.90 Å². The zero-order valence-corrected chi connectivity index (χ0v) is 10.6. The molecule has 0 spiro atoms. The molecule has 1 heterocycles. The van der Waals surface area contributed by atoms with Crippen molar-refractivity contribution in [3.05, 3.63) is 0 Å². The predicted octanol–water partition coefficient (Wildman–Crippen LogP) is 1.14. The Hall–Kier alpha value is -0.610. The van der Waals surface area contributed by atoms with Gasteiger partial charge in [0.15, 0.2) is 0 Å². The molecule has 1 amide bonds. The van der Waals surface area contributed by atoms with E-state index in [1.165, 1.54) is 32.1 Å². The third-order valence-electron chi connectivity index (χ3n) is 4.04. The number of fused-ring (bicyclic) bond motifs is 1. The summed E-state index contributed by atoms with van der Waals surface area (Å²) in [6, 6.07) is 0.533. The van der Waals surface area contributed by atoms with Crippen LogP contribution < -0.4 is 5.73 Å². The van der Waals surface area contributed by atoms with Gasteiger partial charge in [-0.2, -0.15) is 0 Å². The van der Waals surface area contributed by atoms with Crippen LogP contribution in [0.5, 0.6) is 0 Å². The molecule has 2 N–H and O–H groups in total. The Labute approximate surface area is 103 Å². The number of hydrogen-bond donors (Lipinski definition) is 1. The first-order chi connectivity index (χ1) is 8.33. The van der Waals surface area contributed by atoms with Crippen LogP contribution in [0.4, 0.5) is 0 Å². The lowest BCUT2D eigenvalue weighted by Crippen LogP contribution is -2.46. The van der Waals surface area contributed by atoms with E-state index in [4.69, 9.17) is 10.5 Å². The van der Waals surface area contributed by atoms with E-state index < -0.39 is 0 Å². The van der Waals surface area contributed by atoms with Crippen molar-refractivity contribution in [2.24, 2.45) is 11.7 Å². The minimum atomic E-state index is 0.277. The van der Waals surface area contributed by atoms with Crippen molar-refractivity contribution < 1.29 is 9.53 Å². The van der Waals surface area contributed by atoms with Crippen LogP contribution >= 0.6 is 0 Å². The van der Waals surface area contributed by atoms with Crippen molar-refractivity contribution in [3.8, 4) is 0 Å². The van der Waals surface area contributed by atoms with E-state index in [1.54, 1.807) is 0 Å². The lowest BCUT2D eigenvalue weighted by Gasteiger charge is -2.37. The van der Waals surface area contributed by atoms with Crippen LogP contribution in [0, 0.1) is 5.92 Å². The average Bonchev–Trinajstić information content (AvgIpc) is 2.82. The molecule has 2 rings (SSSR count). The highest BCUT2D eigenvalue weighted by atomic mass is 16.5. The minimum absolute atomic E-state index is 0.277. The number of piperidine rings is 1. The van der Waals surface area contributed by atoms with Gasteiger partial charge in [0.25, 0.3) is 0 Å². The molecule has 0 bridgehead atoms. The highest BCUT2D eigenvalue weighted by molar-refractivity contribution is 5.76. The van der Waals surface area contributed by atoms with Crippen LogP contribution in [0.15, 0.2) is 0 Å². The van der Waals surface area contributed by atoms with Crippen molar-refractivity contribution in [2.75, 3.05) is 26.3 Å². The smallest absolute Gasteiger partial charge is 0.225 e. The molecule has 1 saturated carbocycles. The molecule has 4 heteroatoms. The largest absolute Gasteiger partial charge is 0.380 e. The normalized spacial score (nSPS) is 28.2. The van der Waals surface area contributed by atoms with Gasteiger partial charge in [-0.05, 0) is 31.6 Å². The Morgan fingerprint density at radius 2 is 2.06 bits per heavy atom. The summed E-state index contributed by atoms with van der Waals surface area (Å²) < 4.78 is 5.28. The fourth-order valence-corrected chi connectivity index (χ4v) is 3.25. The standard InChI is InChI=1S/C13H24N2O2/c14-7-10-17-9-6-13(16)15-8-2-4-11-3-1-5-12(11)15/h11-12H,1-10,14H2. The number of likely N-dealkylation sites (tertiary alicyclic amines) is 1. The Kier molecular flexibility index (Phi) is 4.80. The number of carbonyl (C=O) groups is 1. The maximum Gasteiger partial charge on any atom is 0.225 e. The molecule has 17 heavy (non-hydrogen) atoms. The molecule has 2 aliphatic rings. The average molecular weight is 240 g/mol. The topological polar surface area (TPSA) is 55.6 Å². The van der Waals surface area contributed by atoms with Gasteiger partial charge in [-0.3, -0.25) is 4.79 Å². The molecule has 0 aromatic carbocycles. The molecule has 1 saturated heterocycles. The molecular formula is C13H24N2O2. The highest BCUT2D eigenvalue weighted by Gasteiger charge is 2.36. The monoisotopic (exact) mass is 240 g/mol. The van der Waals surface area contributed by atoms with E-state index >= 15 is 0 Å². The number of amides is 1. The summed E-state index contributed by atoms with van der Waals surface area (Å²) in [6.07, 6.45) is 6.83. The molecule has 4 nitrogen and oxygen atoms in total. The Balaban J connectivity index is 1.77. The van der Waals surface area contributed by atoms with Gasteiger partial charge in [0.2, 0.25) is 5.91 Å². The second-order valence-corrected chi connectivity index (χ2v) is 5.14. The Bertz CT molecular complexity index is 258. The van der Waals surface area contributed by atoms with Crippen LogP contribution in [0.3, 0.4) is 0 Å². The fraction of sp³-hybridized carbons (Fsp3) is 0.923. The van der Waals surface area contributed by atoms with Gasteiger partial charge in [-0.25, -0.2) is 0 Å². The quantitative estimate of drug-likeness (QED) is 0.733. The van der Waals surface area contributed by atoms with Gasteiger partial charge < -0.3 is 15.4 Å². The van der Waals surface area contributed by atoms with Crippen LogP contribution in [-0.2, 0) is 9.53 Å². The number of nitrogens with zero attached hydrogens (tertiary/aromatic N) is 1. The first kappa shape index (κ1) is 12.8. The second kappa shape index (κ2) is 6.36. The summed E-state index contributed by atoms with van der Waals surface area (Å²) in [6.45, 7) is 2.56. The Morgan fingerprint density at radius 3 is 2.88 bits per heavy atom. The van der Waals surface area contributed by atoms with Gasteiger partial charge >= 0.3 is 0 Å². The van der Waals surface area contributed by atoms with Crippen molar-refractivity contribution in [1.29, 1.82) is 0 Å². The van der Waals surface area contributed by atoms with E-state index in [1.807, 2.05) is 0 Å². The molecule has 2 unspecified atom stereocenters. The molecule has 0 aromatic rings. The Morgan fingerprint density at radius 1 is 1.24 bits per heavy atom. The van der Waals surface area contributed by atoms with Crippen LogP contribution in [0.2, 0.25) is 0 Å². The summed E-state index contributed by atoms with van der Waals surface area (Å²) in [5.74, 6) is 1.05. The molecule has 0 radical (unpaired) electrons. The zero-order chi connectivity index (χ0) is 12.1. The van der Waals surface area contributed by atoms with Gasteiger partial charge in [0.1, 0.15) is 0 Å². The number of hydrogen-bond acceptors (Lipinski definition) is 3. The van der Waals surface area contributed by atoms with E-state index in [9.17, 15) is 4.79 Å². The summed E-state index contributed by atoms with van der Waals surface area (Å²) in [5, 5.41) is 0. The van der Waals surface area contributed by atoms with Crippen molar-refractivity contribution in [3.63, 3.8) is 0 Å². The summed E-state index contributed by atoms with van der Waals surface area (Å²) in [7, 11) is 0. The van der Waals surface area contributed by atoms with Gasteiger partial charge in [-0.15, -0.1) is 0 Å². The number of ether oxygens (including phenoxy) is 1. The molecular weight excluding hydrogens is 216 g/mol. The minimum Gasteiger partial charge on any atom is -0.380 e. The van der Waals surface area contributed by atoms with Crippen molar-refractivity contribution >= 4 is 5.91 Å². The molecule has 98 valence electrons. The van der Waals surface area contributed by atoms with Gasteiger partial charge in [0, 0.05) is 19.1 Å². The second-order valence-electron chi connectivity index (χ2n) is 5.14. The predicted molar refractivity (Wildman–Crippen MR) is 66.6 cm³/mol. The van der Waals surface area contributed by atoms with Crippen molar-refractivity contribution in [1.82, 2.24) is 4.90 Å². The SMILES string of the molecule is NCCOCCC(=O)N1CCCC2CCCC21. The zero-order valence-electron chi connectivity index (χ0n) is 10.6. The van der Waals surface area contributed by atoms with E-state index in [-0.39, 0.29) is 5.91 Å². The third-order valence-corrected chi connectivity index (χ3v) is 4.04. The first-order valence-electron chi connectivity index (χ1n) is 6.90. The number of nitrogens with two attached hydrogens (primary N) is 1. The van der Waals surface area contributed by atoms with E-state index in [0.29, 0.717) is 32.2 Å². The third kappa shape index (κ3) is 3.19. The fourth-order valence-electron chi connectivity index (χ4n) is 3.25. The molecule has 1 aliphatic carbocycles. The maximum atomic E-state index is 12.1. The molecule has 0 aromatic heterocycles. The number of carbonyl (C=O) groups excluding carboxylic acids is 1. The lowest BCUT2D eigenvalue weighted by atomic mass is 9.92. The van der Waals surface area contributed by atoms with Crippen LogP contribution in [0.1, 0.15) is 38.5 Å². The summed E-state index contributed by atoms with van der Waals surface area (Å²) in [5.41, 5.74) is 5.34. The highest BCUT2D eigenvalue weighted by Crippen LogP contribution is 2.36. The molecule has 1 aliphatic heterocycles. The molecule has 2 fully saturated rings. The van der Waals surface area contributed by atoms with Crippen LogP contribution in [-0.4, -0.2) is 43.2 Å². The first-order valence-corrected chi connectivity index (χ1v) is 6.90. The summed E-state index contributed by atoms with van der Waals surface area (Å²) in [4.78, 5) is 14.2. The lowest BCUT2D eigenvalue weighted by molar-refractivity contribution is -0.137. The van der Waals surface area contributed by atoms with E-state index in [0.717, 1.165) is 12.5 Å².